The van der Waals surface area contributed by atoms with Gasteiger partial charge in [-0.3, -0.25) is 0 Å². The Labute approximate surface area is 157 Å². The van der Waals surface area contributed by atoms with Gasteiger partial charge in [-0.2, -0.15) is 0 Å². The first-order chi connectivity index (χ1) is 12.5. The number of benzene rings is 3. The molecule has 3 aromatic carbocycles. The first-order valence-corrected chi connectivity index (χ1v) is 13.2. The molecule has 0 unspecified atom stereocenters. The van der Waals surface area contributed by atoms with Crippen molar-refractivity contribution in [3.63, 3.8) is 0 Å². The summed E-state index contributed by atoms with van der Waals surface area (Å²) in [5, 5.41) is 2.75. The van der Waals surface area contributed by atoms with Gasteiger partial charge in [-0.25, -0.2) is 0 Å². The molecular weight excluding hydrogens is 359 g/mol. The van der Waals surface area contributed by atoms with Crippen molar-refractivity contribution in [3.8, 4) is 0 Å². The van der Waals surface area contributed by atoms with E-state index >= 15 is 0 Å². The van der Waals surface area contributed by atoms with E-state index in [1.807, 2.05) is 91.0 Å². The number of rotatable bonds is 6. The number of hydrogen-bond donors (Lipinski definition) is 1. The van der Waals surface area contributed by atoms with Gasteiger partial charge in [-0.15, -0.1) is 0 Å². The summed E-state index contributed by atoms with van der Waals surface area (Å²) in [6.45, 7) is 4.21. The standard InChI is InChI=1S/C22H25O2PS/c1-19(2)18-25(26(23)24,20-12-6-3-7-13-20,21-14-8-4-9-15-21)22-16-10-5-11-17-22/h3-17,19,26H,18H2,1-2H3. The second-order valence-corrected chi connectivity index (χ2v) is 15.6. The maximum absolute atomic E-state index is 13.4. The second-order valence-electron chi connectivity index (χ2n) is 7.07. The minimum atomic E-state index is -3.68. The van der Waals surface area contributed by atoms with Gasteiger partial charge < -0.3 is 0 Å². The Morgan fingerprint density at radius 1 is 0.654 bits per heavy atom. The molecule has 2 nitrogen and oxygen atoms in total. The maximum atomic E-state index is 13.4. The molecule has 0 aliphatic carbocycles. The van der Waals surface area contributed by atoms with Gasteiger partial charge in [0.15, 0.2) is 0 Å². The second kappa shape index (κ2) is 7.34. The van der Waals surface area contributed by atoms with E-state index in [0.717, 1.165) is 15.9 Å². The molecule has 0 N–H and O–H groups in total. The molecule has 0 atom stereocenters. The van der Waals surface area contributed by atoms with E-state index in [-0.39, 0.29) is 5.92 Å². The summed E-state index contributed by atoms with van der Waals surface area (Å²) >= 11 is 0. The summed E-state index contributed by atoms with van der Waals surface area (Å²) in [4.78, 5) is 0. The SMILES string of the molecule is CC(C)CP(c1ccccc1)(c1ccccc1)(c1ccccc1)[SH](=O)=O. The van der Waals surface area contributed by atoms with Gasteiger partial charge in [0, 0.05) is 0 Å². The Kier molecular flexibility index (Phi) is 5.32. The van der Waals surface area contributed by atoms with Crippen LogP contribution in [0.5, 0.6) is 0 Å². The van der Waals surface area contributed by atoms with Crippen molar-refractivity contribution in [1.82, 2.24) is 0 Å². The van der Waals surface area contributed by atoms with Crippen molar-refractivity contribution in [3.05, 3.63) is 91.0 Å². The average Bonchev–Trinajstić information content (AvgIpc) is 2.68. The third-order valence-corrected chi connectivity index (χ3v) is 16.1. The first-order valence-electron chi connectivity index (χ1n) is 8.85. The van der Waals surface area contributed by atoms with Crippen molar-refractivity contribution in [2.45, 2.75) is 13.8 Å². The fourth-order valence-corrected chi connectivity index (χ4v) is 14.4. The summed E-state index contributed by atoms with van der Waals surface area (Å²) in [6.07, 6.45) is 0.600. The van der Waals surface area contributed by atoms with Crippen LogP contribution in [-0.4, -0.2) is 14.6 Å². The molecule has 0 fully saturated rings. The molecule has 0 amide bonds. The van der Waals surface area contributed by atoms with Crippen LogP contribution in [0.15, 0.2) is 91.0 Å². The Morgan fingerprint density at radius 2 is 0.962 bits per heavy atom. The summed E-state index contributed by atoms with van der Waals surface area (Å²) in [5.74, 6) is -3.45. The van der Waals surface area contributed by atoms with Crippen LogP contribution < -0.4 is 15.9 Å². The molecule has 136 valence electrons. The van der Waals surface area contributed by atoms with Crippen LogP contribution in [0, 0.1) is 5.92 Å². The Bertz CT molecular complexity index is 828. The average molecular weight is 384 g/mol. The predicted molar refractivity (Wildman–Crippen MR) is 115 cm³/mol. The van der Waals surface area contributed by atoms with Gasteiger partial charge in [-0.1, -0.05) is 0 Å². The quantitative estimate of drug-likeness (QED) is 0.519. The molecule has 4 heteroatoms. The van der Waals surface area contributed by atoms with Gasteiger partial charge in [0.2, 0.25) is 0 Å². The van der Waals surface area contributed by atoms with E-state index < -0.39 is 16.1 Å². The molecule has 0 heterocycles. The molecule has 0 radical (unpaired) electrons. The monoisotopic (exact) mass is 384 g/mol. The third-order valence-electron chi connectivity index (χ3n) is 5.02. The zero-order valence-corrected chi connectivity index (χ0v) is 16.9. The summed E-state index contributed by atoms with van der Waals surface area (Å²) < 4.78 is 26.8. The van der Waals surface area contributed by atoms with Crippen LogP contribution >= 0.6 is 5.81 Å². The van der Waals surface area contributed by atoms with Gasteiger partial charge in [-0.05, 0) is 0 Å². The van der Waals surface area contributed by atoms with Crippen LogP contribution in [0.25, 0.3) is 0 Å². The van der Waals surface area contributed by atoms with Crippen LogP contribution in [0.2, 0.25) is 0 Å². The molecular formula is C22H25O2PS. The van der Waals surface area contributed by atoms with Crippen LogP contribution in [0.4, 0.5) is 0 Å². The van der Waals surface area contributed by atoms with E-state index in [2.05, 4.69) is 13.8 Å². The molecule has 26 heavy (non-hydrogen) atoms. The minimum absolute atomic E-state index is 0.223. The topological polar surface area (TPSA) is 34.1 Å². The molecule has 0 saturated carbocycles. The van der Waals surface area contributed by atoms with Crippen molar-refractivity contribution >= 4 is 32.0 Å². The van der Waals surface area contributed by atoms with Crippen molar-refractivity contribution in [1.29, 1.82) is 0 Å². The van der Waals surface area contributed by atoms with E-state index in [0.29, 0.717) is 6.16 Å². The first kappa shape index (κ1) is 18.8. The molecule has 0 bridgehead atoms. The zero-order chi connectivity index (χ0) is 18.6. The summed E-state index contributed by atoms with van der Waals surface area (Å²) in [5.41, 5.74) is 0. The predicted octanol–water partition coefficient (Wildman–Crippen LogP) is 3.70. The molecule has 0 spiro atoms. The number of hydrogen-bond acceptors (Lipinski definition) is 2. The third kappa shape index (κ3) is 2.71. The Balaban J connectivity index is 2.59. The molecule has 0 aliphatic rings. The Hall–Kier alpha value is -1.96. The zero-order valence-electron chi connectivity index (χ0n) is 15.2. The molecule has 0 aromatic heterocycles. The van der Waals surface area contributed by atoms with Crippen molar-refractivity contribution in [2.24, 2.45) is 5.92 Å². The van der Waals surface area contributed by atoms with E-state index in [4.69, 9.17) is 0 Å². The summed E-state index contributed by atoms with van der Waals surface area (Å²) in [6, 6.07) is 29.5. The summed E-state index contributed by atoms with van der Waals surface area (Å²) in [7, 11) is -2.76. The molecule has 3 aromatic rings. The van der Waals surface area contributed by atoms with Gasteiger partial charge in [0.1, 0.15) is 0 Å². The van der Waals surface area contributed by atoms with E-state index in [1.165, 1.54) is 0 Å². The van der Waals surface area contributed by atoms with Crippen LogP contribution in [0.1, 0.15) is 13.8 Å². The van der Waals surface area contributed by atoms with Crippen molar-refractivity contribution in [2.75, 3.05) is 6.16 Å². The molecule has 0 aliphatic heterocycles. The van der Waals surface area contributed by atoms with Crippen LogP contribution in [0.3, 0.4) is 0 Å². The normalized spacial score (nSPS) is 13.5. The molecule has 0 saturated heterocycles. The fraction of sp³-hybridized carbons (Fsp3) is 0.182. The molecule has 3 rings (SSSR count). The Morgan fingerprint density at radius 3 is 1.19 bits per heavy atom. The van der Waals surface area contributed by atoms with Gasteiger partial charge >= 0.3 is 157 Å². The van der Waals surface area contributed by atoms with Gasteiger partial charge in [0.05, 0.1) is 0 Å². The van der Waals surface area contributed by atoms with Crippen molar-refractivity contribution < 1.29 is 8.42 Å². The van der Waals surface area contributed by atoms with Gasteiger partial charge in [0.25, 0.3) is 0 Å². The van der Waals surface area contributed by atoms with Crippen LogP contribution in [-0.2, 0) is 10.3 Å². The van der Waals surface area contributed by atoms with E-state index in [1.54, 1.807) is 0 Å². The fourth-order valence-electron chi connectivity index (χ4n) is 4.07. The van der Waals surface area contributed by atoms with E-state index in [9.17, 15) is 8.42 Å². The number of thiol groups is 1.